The molecule has 1 atom stereocenters. The van der Waals surface area contributed by atoms with Gasteiger partial charge >= 0.3 is 17.9 Å². The number of allylic oxidation sites excluding steroid dienone is 18. The van der Waals surface area contributed by atoms with Crippen molar-refractivity contribution in [2.24, 2.45) is 0 Å². The number of hydrogen-bond donors (Lipinski definition) is 0. The number of unbranched alkanes of at least 4 members (excludes halogenated alkanes) is 30. The van der Waals surface area contributed by atoms with E-state index in [1.807, 2.05) is 6.08 Å². The van der Waals surface area contributed by atoms with E-state index < -0.39 is 6.10 Å². The molecule has 0 aliphatic rings. The van der Waals surface area contributed by atoms with Gasteiger partial charge in [-0.3, -0.25) is 14.4 Å². The molecule has 0 heterocycles. The lowest BCUT2D eigenvalue weighted by molar-refractivity contribution is -0.166. The Morgan fingerprint density at radius 1 is 0.269 bits per heavy atom. The molecular weight excluding hydrogens is 961 g/mol. The number of carbonyl (C=O) groups excluding carboxylic acids is 3. The SMILES string of the molecule is CC/C=C\C/C=C\C/C=C\C/C=C\CCCCCCCCCCCCCCCCCCCCC(=O)OCC(COC(=O)CC/C=C\C/C=C\C/C=C\C/C=C\CC)OC(=O)CCCCCCC/C=C\CCCCCCCCC. The molecule has 0 aromatic heterocycles. The maximum atomic E-state index is 12.9. The van der Waals surface area contributed by atoms with E-state index in [1.165, 1.54) is 161 Å². The molecule has 0 saturated heterocycles. The third-order valence-electron chi connectivity index (χ3n) is 14.0. The van der Waals surface area contributed by atoms with Crippen molar-refractivity contribution in [2.75, 3.05) is 13.2 Å². The molecule has 0 N–H and O–H groups in total. The molecule has 78 heavy (non-hydrogen) atoms. The maximum absolute atomic E-state index is 12.9. The van der Waals surface area contributed by atoms with Gasteiger partial charge in [0.05, 0.1) is 0 Å². The van der Waals surface area contributed by atoms with Crippen LogP contribution in [0.5, 0.6) is 0 Å². The lowest BCUT2D eigenvalue weighted by Crippen LogP contribution is -2.30. The molecule has 0 spiro atoms. The van der Waals surface area contributed by atoms with Gasteiger partial charge < -0.3 is 14.2 Å². The Labute approximate surface area is 482 Å². The second-order valence-electron chi connectivity index (χ2n) is 21.6. The van der Waals surface area contributed by atoms with Crippen molar-refractivity contribution < 1.29 is 28.6 Å². The first-order chi connectivity index (χ1) is 38.5. The molecule has 0 aliphatic heterocycles. The van der Waals surface area contributed by atoms with Crippen molar-refractivity contribution in [3.05, 3.63) is 109 Å². The maximum Gasteiger partial charge on any atom is 0.306 e. The molecule has 0 aromatic carbocycles. The average Bonchev–Trinajstić information content (AvgIpc) is 3.44. The summed E-state index contributed by atoms with van der Waals surface area (Å²) < 4.78 is 16.8. The predicted molar refractivity (Wildman–Crippen MR) is 339 cm³/mol. The van der Waals surface area contributed by atoms with Crippen LogP contribution < -0.4 is 0 Å². The molecule has 0 radical (unpaired) electrons. The van der Waals surface area contributed by atoms with Gasteiger partial charge in [0.25, 0.3) is 0 Å². The first kappa shape index (κ1) is 74.1. The summed E-state index contributed by atoms with van der Waals surface area (Å²) in [5.74, 6) is -0.986. The van der Waals surface area contributed by atoms with Gasteiger partial charge in [0.15, 0.2) is 6.10 Å². The third kappa shape index (κ3) is 62.9. The van der Waals surface area contributed by atoms with E-state index in [-0.39, 0.29) is 37.5 Å². The fourth-order valence-corrected chi connectivity index (χ4v) is 9.15. The molecule has 6 heteroatoms. The molecule has 0 bridgehead atoms. The van der Waals surface area contributed by atoms with Gasteiger partial charge in [-0.1, -0.05) is 291 Å². The van der Waals surface area contributed by atoms with Gasteiger partial charge in [0.2, 0.25) is 0 Å². The number of esters is 3. The average molecular weight is 1080 g/mol. The number of carbonyl (C=O) groups is 3. The van der Waals surface area contributed by atoms with Gasteiger partial charge in [-0.15, -0.1) is 0 Å². The summed E-state index contributed by atoms with van der Waals surface area (Å²) in [5.41, 5.74) is 0. The first-order valence-corrected chi connectivity index (χ1v) is 32.9. The summed E-state index contributed by atoms with van der Waals surface area (Å²) >= 11 is 0. The Hall–Kier alpha value is -3.93. The highest BCUT2D eigenvalue weighted by Gasteiger charge is 2.19. The third-order valence-corrected chi connectivity index (χ3v) is 14.0. The molecule has 0 saturated carbocycles. The molecule has 0 fully saturated rings. The van der Waals surface area contributed by atoms with E-state index >= 15 is 0 Å². The zero-order valence-electron chi connectivity index (χ0n) is 51.2. The van der Waals surface area contributed by atoms with Gasteiger partial charge in [0.1, 0.15) is 13.2 Å². The van der Waals surface area contributed by atoms with E-state index in [0.717, 1.165) is 103 Å². The lowest BCUT2D eigenvalue weighted by Gasteiger charge is -2.18. The van der Waals surface area contributed by atoms with Gasteiger partial charge in [-0.2, -0.15) is 0 Å². The van der Waals surface area contributed by atoms with Crippen LogP contribution in [0, 0.1) is 0 Å². The van der Waals surface area contributed by atoms with E-state index in [2.05, 4.69) is 124 Å². The minimum Gasteiger partial charge on any atom is -0.462 e. The minimum absolute atomic E-state index is 0.101. The zero-order chi connectivity index (χ0) is 56.4. The van der Waals surface area contributed by atoms with Gasteiger partial charge in [0, 0.05) is 19.3 Å². The van der Waals surface area contributed by atoms with E-state index in [0.29, 0.717) is 19.3 Å². The standard InChI is InChI=1S/C72H122O6/c1-4-7-10-13-16-19-22-25-27-29-30-31-32-33-34-35-36-37-38-39-40-41-42-43-45-47-50-53-56-59-62-65-71(74)77-68-69(67-76-70(73)64-61-58-55-52-49-46-24-21-18-15-12-9-6-3)78-72(75)66-63-60-57-54-51-48-44-28-26-23-20-17-14-11-8-5-2/h7,9-10,12,16,18-19,21,25,27-28,30-31,44,46,49,55,58,69H,4-6,8,11,13-15,17,20,22-24,26,29,32-43,45,47-48,50-54,56-57,59-68H2,1-3H3/b10-7-,12-9-,19-16-,21-18-,27-25-,31-30-,44-28-,49-46-,58-55-. The molecule has 0 rings (SSSR count). The topological polar surface area (TPSA) is 78.9 Å². The van der Waals surface area contributed by atoms with Crippen molar-refractivity contribution in [3.63, 3.8) is 0 Å². The molecular formula is C72H122O6. The number of hydrogen-bond acceptors (Lipinski definition) is 6. The monoisotopic (exact) mass is 1080 g/mol. The van der Waals surface area contributed by atoms with Crippen LogP contribution in [0.4, 0.5) is 0 Å². The largest absolute Gasteiger partial charge is 0.462 e. The highest BCUT2D eigenvalue weighted by molar-refractivity contribution is 5.71. The van der Waals surface area contributed by atoms with Crippen molar-refractivity contribution in [3.8, 4) is 0 Å². The Kier molecular flexibility index (Phi) is 62.3. The Bertz CT molecular complexity index is 1570. The van der Waals surface area contributed by atoms with Crippen LogP contribution in [0.15, 0.2) is 109 Å². The zero-order valence-corrected chi connectivity index (χ0v) is 51.2. The van der Waals surface area contributed by atoms with Gasteiger partial charge in [-0.05, 0) is 109 Å². The number of ether oxygens (including phenoxy) is 3. The highest BCUT2D eigenvalue weighted by atomic mass is 16.6. The van der Waals surface area contributed by atoms with Crippen molar-refractivity contribution in [2.45, 2.75) is 316 Å². The smallest absolute Gasteiger partial charge is 0.306 e. The Morgan fingerprint density at radius 3 is 0.872 bits per heavy atom. The van der Waals surface area contributed by atoms with E-state index in [4.69, 9.17) is 14.2 Å². The van der Waals surface area contributed by atoms with Crippen LogP contribution in [-0.4, -0.2) is 37.2 Å². The molecule has 0 aliphatic carbocycles. The highest BCUT2D eigenvalue weighted by Crippen LogP contribution is 2.17. The van der Waals surface area contributed by atoms with Crippen LogP contribution in [0.3, 0.4) is 0 Å². The second-order valence-corrected chi connectivity index (χ2v) is 21.6. The quantitative estimate of drug-likeness (QED) is 0.0261. The summed E-state index contributed by atoms with van der Waals surface area (Å²) in [7, 11) is 0. The van der Waals surface area contributed by atoms with Gasteiger partial charge in [-0.25, -0.2) is 0 Å². The molecule has 6 nitrogen and oxygen atoms in total. The fourth-order valence-electron chi connectivity index (χ4n) is 9.15. The summed E-state index contributed by atoms with van der Waals surface area (Å²) in [4.78, 5) is 38.2. The minimum atomic E-state index is -0.811. The fraction of sp³-hybridized carbons (Fsp3) is 0.708. The van der Waals surface area contributed by atoms with Crippen molar-refractivity contribution in [1.82, 2.24) is 0 Å². The molecule has 1 unspecified atom stereocenters. The van der Waals surface area contributed by atoms with Crippen LogP contribution in [0.1, 0.15) is 310 Å². The first-order valence-electron chi connectivity index (χ1n) is 32.9. The van der Waals surface area contributed by atoms with Crippen molar-refractivity contribution >= 4 is 17.9 Å². The predicted octanol–water partition coefficient (Wildman–Crippen LogP) is 22.6. The van der Waals surface area contributed by atoms with E-state index in [1.54, 1.807) is 0 Å². The normalized spacial score (nSPS) is 12.8. The summed E-state index contributed by atoms with van der Waals surface area (Å²) in [5, 5.41) is 0. The second kappa shape index (κ2) is 65.6. The van der Waals surface area contributed by atoms with Crippen LogP contribution in [-0.2, 0) is 28.6 Å². The van der Waals surface area contributed by atoms with E-state index in [9.17, 15) is 14.4 Å². The summed E-state index contributed by atoms with van der Waals surface area (Å²) in [6, 6.07) is 0. The summed E-state index contributed by atoms with van der Waals surface area (Å²) in [6.45, 7) is 6.36. The number of rotatable bonds is 59. The Morgan fingerprint density at radius 2 is 0.526 bits per heavy atom. The van der Waals surface area contributed by atoms with Crippen molar-refractivity contribution in [1.29, 1.82) is 0 Å². The molecule has 446 valence electrons. The molecule has 0 aromatic rings. The Balaban J connectivity index is 4.23. The van der Waals surface area contributed by atoms with Crippen LogP contribution in [0.25, 0.3) is 0 Å². The van der Waals surface area contributed by atoms with Crippen LogP contribution in [0.2, 0.25) is 0 Å². The molecule has 0 amide bonds. The lowest BCUT2D eigenvalue weighted by atomic mass is 10.0. The summed E-state index contributed by atoms with van der Waals surface area (Å²) in [6.07, 6.45) is 89.9. The van der Waals surface area contributed by atoms with Crippen LogP contribution >= 0.6 is 0 Å².